The van der Waals surface area contributed by atoms with Gasteiger partial charge in [-0.05, 0) is 0 Å². The summed E-state index contributed by atoms with van der Waals surface area (Å²) in [5, 5.41) is 4.45. The fraction of sp³-hybridized carbons (Fsp3) is 0.217. The minimum atomic E-state index is -2.01. The van der Waals surface area contributed by atoms with E-state index in [2.05, 4.69) is 99.3 Å². The molecular weight excluding hydrogens is 307 g/mol. The first-order valence-corrected chi connectivity index (χ1v) is 11.1. The van der Waals surface area contributed by atoms with E-state index in [1.807, 2.05) is 6.08 Å². The predicted octanol–water partition coefficient (Wildman–Crippen LogP) is 5.83. The Bertz CT molecular complexity index is 641. The number of hydrogen-bond acceptors (Lipinski definition) is 0. The Hall–Kier alpha value is -1.91. The van der Waals surface area contributed by atoms with Gasteiger partial charge in [0.2, 0.25) is 0 Å². The van der Waals surface area contributed by atoms with Crippen molar-refractivity contribution in [2.75, 3.05) is 6.16 Å². The van der Waals surface area contributed by atoms with Gasteiger partial charge in [0, 0.05) is 0 Å². The van der Waals surface area contributed by atoms with E-state index >= 15 is 0 Å². The molecule has 0 amide bonds. The van der Waals surface area contributed by atoms with Crippen LogP contribution in [0.5, 0.6) is 0 Å². The van der Waals surface area contributed by atoms with Gasteiger partial charge in [-0.3, -0.25) is 0 Å². The molecule has 2 aromatic carbocycles. The van der Waals surface area contributed by atoms with Crippen LogP contribution in [0.25, 0.3) is 0 Å². The number of benzene rings is 2. The minimum absolute atomic E-state index is 1.22. The average Bonchev–Trinajstić information content (AvgIpc) is 2.66. The van der Waals surface area contributed by atoms with Gasteiger partial charge in [0.1, 0.15) is 0 Å². The molecule has 0 bridgehead atoms. The van der Waals surface area contributed by atoms with E-state index in [-0.39, 0.29) is 0 Å². The number of allylic oxidation sites excluding steroid dienone is 5. The fourth-order valence-electron chi connectivity index (χ4n) is 3.48. The first-order chi connectivity index (χ1) is 11.8. The second-order valence-corrected chi connectivity index (χ2v) is 10.1. The first-order valence-electron chi connectivity index (χ1n) is 8.86. The molecule has 0 saturated carbocycles. The SMILES string of the molecule is C=C/C=C\C(=C/C)[PH](CCCC)(c1ccccc1)c1ccccc1. The van der Waals surface area contributed by atoms with Crippen molar-refractivity contribution in [2.45, 2.75) is 26.7 Å². The molecule has 0 aliphatic rings. The van der Waals surface area contributed by atoms with Crippen LogP contribution < -0.4 is 10.6 Å². The summed E-state index contributed by atoms with van der Waals surface area (Å²) >= 11 is 0. The first kappa shape index (κ1) is 18.4. The van der Waals surface area contributed by atoms with Crippen LogP contribution in [0.2, 0.25) is 0 Å². The normalized spacial score (nSPS) is 13.2. The second kappa shape index (κ2) is 9.40. The van der Waals surface area contributed by atoms with Crippen molar-refractivity contribution < 1.29 is 0 Å². The zero-order valence-corrected chi connectivity index (χ0v) is 15.9. The Morgan fingerprint density at radius 1 is 0.958 bits per heavy atom. The number of unbranched alkanes of at least 4 members (excludes halogenated alkanes) is 1. The molecule has 2 rings (SSSR count). The van der Waals surface area contributed by atoms with Crippen LogP contribution in [0, 0.1) is 0 Å². The summed E-state index contributed by atoms with van der Waals surface area (Å²) in [6, 6.07) is 22.2. The summed E-state index contributed by atoms with van der Waals surface area (Å²) < 4.78 is 0. The van der Waals surface area contributed by atoms with E-state index in [1.54, 1.807) is 0 Å². The zero-order chi connectivity index (χ0) is 17.3. The third-order valence-electron chi connectivity index (χ3n) is 4.65. The summed E-state index contributed by atoms with van der Waals surface area (Å²) in [6.45, 7) is 8.31. The van der Waals surface area contributed by atoms with Crippen LogP contribution in [0.4, 0.5) is 0 Å². The average molecular weight is 336 g/mol. The van der Waals surface area contributed by atoms with Crippen molar-refractivity contribution >= 4 is 17.9 Å². The Kier molecular flexibility index (Phi) is 7.22. The molecule has 0 saturated heterocycles. The van der Waals surface area contributed by atoms with Gasteiger partial charge in [0.15, 0.2) is 0 Å². The van der Waals surface area contributed by atoms with Crippen molar-refractivity contribution in [3.63, 3.8) is 0 Å². The Morgan fingerprint density at radius 2 is 1.50 bits per heavy atom. The van der Waals surface area contributed by atoms with Gasteiger partial charge in [-0.25, -0.2) is 0 Å². The van der Waals surface area contributed by atoms with Crippen LogP contribution in [-0.2, 0) is 0 Å². The van der Waals surface area contributed by atoms with Crippen LogP contribution in [0.15, 0.2) is 96.9 Å². The van der Waals surface area contributed by atoms with Crippen LogP contribution >= 0.6 is 7.26 Å². The molecule has 0 spiro atoms. The quantitative estimate of drug-likeness (QED) is 0.420. The van der Waals surface area contributed by atoms with Crippen LogP contribution in [0.1, 0.15) is 26.7 Å². The molecule has 0 radical (unpaired) electrons. The van der Waals surface area contributed by atoms with Crippen molar-refractivity contribution in [3.05, 3.63) is 96.9 Å². The van der Waals surface area contributed by atoms with E-state index in [4.69, 9.17) is 0 Å². The van der Waals surface area contributed by atoms with Crippen LogP contribution in [0.3, 0.4) is 0 Å². The Balaban J connectivity index is 2.73. The van der Waals surface area contributed by atoms with E-state index in [0.717, 1.165) is 0 Å². The number of hydrogen-bond donors (Lipinski definition) is 0. The van der Waals surface area contributed by atoms with Gasteiger partial charge in [-0.2, -0.15) is 0 Å². The summed E-state index contributed by atoms with van der Waals surface area (Å²) in [7, 11) is -2.01. The van der Waals surface area contributed by atoms with Crippen molar-refractivity contribution in [1.82, 2.24) is 0 Å². The molecule has 1 heteroatoms. The molecular formula is C23H29P. The molecule has 24 heavy (non-hydrogen) atoms. The molecule has 126 valence electrons. The Labute approximate surface area is 148 Å². The van der Waals surface area contributed by atoms with Gasteiger partial charge in [-0.1, -0.05) is 0 Å². The summed E-state index contributed by atoms with van der Waals surface area (Å²) in [5.41, 5.74) is 0. The van der Waals surface area contributed by atoms with Gasteiger partial charge in [-0.15, -0.1) is 0 Å². The summed E-state index contributed by atoms with van der Waals surface area (Å²) in [6.07, 6.45) is 12.2. The molecule has 0 aromatic heterocycles. The van der Waals surface area contributed by atoms with Crippen LogP contribution in [-0.4, -0.2) is 6.16 Å². The van der Waals surface area contributed by atoms with E-state index in [1.165, 1.54) is 34.9 Å². The van der Waals surface area contributed by atoms with Gasteiger partial charge in [0.05, 0.1) is 0 Å². The number of rotatable bonds is 8. The standard InChI is InChI=1S/C23H29P/c1-4-7-15-21(6-3)24(20-8-5-2,22-16-11-9-12-17-22)23-18-13-10-14-19-23/h4,6-7,9-19,24H,1,5,8,20H2,2-3H3/b15-7-,21-6+. The zero-order valence-electron chi connectivity index (χ0n) is 14.9. The molecule has 0 heterocycles. The monoisotopic (exact) mass is 336 g/mol. The molecule has 0 aliphatic heterocycles. The maximum absolute atomic E-state index is 3.86. The van der Waals surface area contributed by atoms with E-state index in [0.29, 0.717) is 0 Å². The third kappa shape index (κ3) is 3.94. The summed E-state index contributed by atoms with van der Waals surface area (Å²) in [4.78, 5) is 0. The van der Waals surface area contributed by atoms with Gasteiger partial charge in [0.25, 0.3) is 0 Å². The van der Waals surface area contributed by atoms with Gasteiger partial charge < -0.3 is 0 Å². The molecule has 0 nitrogen and oxygen atoms in total. The molecule has 0 aliphatic carbocycles. The van der Waals surface area contributed by atoms with Gasteiger partial charge >= 0.3 is 148 Å². The molecule has 2 aromatic rings. The third-order valence-corrected chi connectivity index (χ3v) is 9.84. The molecule has 0 atom stereocenters. The fourth-order valence-corrected chi connectivity index (χ4v) is 8.62. The van der Waals surface area contributed by atoms with Crippen molar-refractivity contribution in [1.29, 1.82) is 0 Å². The maximum atomic E-state index is 3.86. The molecule has 0 fully saturated rings. The van der Waals surface area contributed by atoms with E-state index in [9.17, 15) is 0 Å². The second-order valence-electron chi connectivity index (χ2n) is 6.08. The summed E-state index contributed by atoms with van der Waals surface area (Å²) in [5.74, 6) is 0. The predicted molar refractivity (Wildman–Crippen MR) is 113 cm³/mol. The molecule has 0 unspecified atom stereocenters. The van der Waals surface area contributed by atoms with Crippen molar-refractivity contribution in [3.8, 4) is 0 Å². The van der Waals surface area contributed by atoms with E-state index < -0.39 is 7.26 Å². The topological polar surface area (TPSA) is 0 Å². The Morgan fingerprint density at radius 3 is 1.92 bits per heavy atom. The van der Waals surface area contributed by atoms with Crippen molar-refractivity contribution in [2.24, 2.45) is 0 Å². The molecule has 0 N–H and O–H groups in total.